The Kier molecular flexibility index (Phi) is 8.99. The van der Waals surface area contributed by atoms with Crippen molar-refractivity contribution in [2.24, 2.45) is 5.92 Å². The lowest BCUT2D eigenvalue weighted by atomic mass is 10.1. The first kappa shape index (κ1) is 23.2. The van der Waals surface area contributed by atoms with Crippen molar-refractivity contribution in [1.82, 2.24) is 0 Å². The number of hydrogen-bond acceptors (Lipinski definition) is 3. The summed E-state index contributed by atoms with van der Waals surface area (Å²) in [5.41, 5.74) is 1.39. The molecule has 0 aromatic heterocycles. The highest BCUT2D eigenvalue weighted by molar-refractivity contribution is 9.10. The topological polar surface area (TPSA) is 67.4 Å². The third-order valence-corrected chi connectivity index (χ3v) is 4.94. The van der Waals surface area contributed by atoms with Crippen LogP contribution in [0.5, 0.6) is 5.75 Å². The van der Waals surface area contributed by atoms with Gasteiger partial charge < -0.3 is 15.4 Å². The molecule has 2 aromatic rings. The van der Waals surface area contributed by atoms with Crippen LogP contribution in [0.25, 0.3) is 0 Å². The number of carbonyl (C=O) groups is 2. The molecule has 0 bridgehead atoms. The average Bonchev–Trinajstić information content (AvgIpc) is 2.65. The highest BCUT2D eigenvalue weighted by atomic mass is 79.9. The van der Waals surface area contributed by atoms with Gasteiger partial charge in [0.25, 0.3) is 5.91 Å². The van der Waals surface area contributed by atoms with E-state index in [9.17, 15) is 9.59 Å². The summed E-state index contributed by atoms with van der Waals surface area (Å²) in [6.07, 6.45) is 2.08. The van der Waals surface area contributed by atoms with Gasteiger partial charge in [-0.15, -0.1) is 0 Å². The van der Waals surface area contributed by atoms with Crippen molar-refractivity contribution in [1.29, 1.82) is 0 Å². The van der Waals surface area contributed by atoms with Crippen LogP contribution < -0.4 is 15.4 Å². The summed E-state index contributed by atoms with van der Waals surface area (Å²) in [6.45, 7) is 6.70. The fourth-order valence-corrected chi connectivity index (χ4v) is 3.07. The van der Waals surface area contributed by atoms with Crippen LogP contribution in [0, 0.1) is 5.92 Å². The Morgan fingerprint density at radius 3 is 2.59 bits per heavy atom. The van der Waals surface area contributed by atoms with Gasteiger partial charge in [0.2, 0.25) is 5.91 Å². The molecule has 2 N–H and O–H groups in total. The number of nitrogens with one attached hydrogen (secondary N) is 2. The number of rotatable bonds is 9. The SMILES string of the molecule is CCCC(=O)Nc1ccc(Cl)c(NC(=O)c2cc(Br)ccc2OCCC(C)C)c1. The van der Waals surface area contributed by atoms with E-state index in [1.807, 2.05) is 13.0 Å². The number of benzene rings is 2. The zero-order valence-corrected chi connectivity index (χ0v) is 19.2. The number of amides is 2. The summed E-state index contributed by atoms with van der Waals surface area (Å²) in [4.78, 5) is 24.7. The number of ether oxygens (including phenoxy) is 1. The van der Waals surface area contributed by atoms with E-state index in [4.69, 9.17) is 16.3 Å². The van der Waals surface area contributed by atoms with Crippen LogP contribution in [0.2, 0.25) is 5.02 Å². The van der Waals surface area contributed by atoms with Gasteiger partial charge >= 0.3 is 0 Å². The Labute approximate surface area is 185 Å². The maximum atomic E-state index is 12.9. The van der Waals surface area contributed by atoms with E-state index in [-0.39, 0.29) is 11.8 Å². The van der Waals surface area contributed by atoms with Crippen LogP contribution >= 0.6 is 27.5 Å². The molecule has 0 spiro atoms. The van der Waals surface area contributed by atoms with Crippen LogP contribution in [0.3, 0.4) is 0 Å². The smallest absolute Gasteiger partial charge is 0.259 e. The van der Waals surface area contributed by atoms with Crippen LogP contribution in [-0.4, -0.2) is 18.4 Å². The average molecular weight is 482 g/mol. The predicted octanol–water partition coefficient (Wildman–Crippen LogP) is 6.52. The Hall–Kier alpha value is -2.05. The van der Waals surface area contributed by atoms with Crippen molar-refractivity contribution < 1.29 is 14.3 Å². The second-order valence-electron chi connectivity index (χ2n) is 7.12. The van der Waals surface area contributed by atoms with E-state index in [0.717, 1.165) is 17.3 Å². The van der Waals surface area contributed by atoms with Gasteiger partial charge in [0.15, 0.2) is 0 Å². The summed E-state index contributed by atoms with van der Waals surface area (Å²) in [5.74, 6) is 0.590. The van der Waals surface area contributed by atoms with Gasteiger partial charge in [0.1, 0.15) is 5.75 Å². The lowest BCUT2D eigenvalue weighted by molar-refractivity contribution is -0.116. The molecule has 0 aliphatic rings. The molecule has 2 aromatic carbocycles. The molecular weight excluding hydrogens is 456 g/mol. The highest BCUT2D eigenvalue weighted by Gasteiger charge is 2.16. The Morgan fingerprint density at radius 2 is 1.90 bits per heavy atom. The van der Waals surface area contributed by atoms with Crippen LogP contribution in [0.4, 0.5) is 11.4 Å². The van der Waals surface area contributed by atoms with Crippen molar-refractivity contribution in [2.45, 2.75) is 40.0 Å². The number of carbonyl (C=O) groups excluding carboxylic acids is 2. The predicted molar refractivity (Wildman–Crippen MR) is 122 cm³/mol. The summed E-state index contributed by atoms with van der Waals surface area (Å²) in [5, 5.41) is 6.00. The zero-order chi connectivity index (χ0) is 21.4. The zero-order valence-electron chi connectivity index (χ0n) is 16.9. The molecule has 0 aliphatic carbocycles. The Balaban J connectivity index is 2.19. The lowest BCUT2D eigenvalue weighted by Crippen LogP contribution is -2.15. The number of hydrogen-bond donors (Lipinski definition) is 2. The standard InChI is InChI=1S/C22H26BrClN2O3/c1-4-5-21(27)25-16-7-8-18(24)19(13-16)26-22(28)17-12-15(23)6-9-20(17)29-11-10-14(2)3/h6-9,12-14H,4-5,10-11H2,1-3H3,(H,25,27)(H,26,28). The Bertz CT molecular complexity index is 871. The largest absolute Gasteiger partial charge is 0.493 e. The molecule has 156 valence electrons. The molecule has 0 saturated carbocycles. The van der Waals surface area contributed by atoms with E-state index in [0.29, 0.717) is 46.7 Å². The summed E-state index contributed by atoms with van der Waals surface area (Å²) in [7, 11) is 0. The van der Waals surface area contributed by atoms with Crippen molar-refractivity contribution in [3.8, 4) is 5.75 Å². The molecule has 7 heteroatoms. The fraction of sp³-hybridized carbons (Fsp3) is 0.364. The van der Waals surface area contributed by atoms with Gasteiger partial charge in [-0.25, -0.2) is 0 Å². The normalized spacial score (nSPS) is 10.7. The third-order valence-electron chi connectivity index (χ3n) is 4.11. The maximum absolute atomic E-state index is 12.9. The van der Waals surface area contributed by atoms with Crippen molar-refractivity contribution >= 4 is 50.7 Å². The van der Waals surface area contributed by atoms with Gasteiger partial charge in [0.05, 0.1) is 22.9 Å². The van der Waals surface area contributed by atoms with Crippen molar-refractivity contribution in [3.63, 3.8) is 0 Å². The molecule has 0 heterocycles. The van der Waals surface area contributed by atoms with Gasteiger partial charge in [-0.05, 0) is 55.2 Å². The fourth-order valence-electron chi connectivity index (χ4n) is 2.55. The molecule has 0 radical (unpaired) electrons. The molecule has 2 rings (SSSR count). The van der Waals surface area contributed by atoms with E-state index in [1.165, 1.54) is 0 Å². The molecule has 5 nitrogen and oxygen atoms in total. The first-order valence-corrected chi connectivity index (χ1v) is 10.8. The minimum atomic E-state index is -0.343. The van der Waals surface area contributed by atoms with Gasteiger partial charge in [-0.2, -0.15) is 0 Å². The van der Waals surface area contributed by atoms with Crippen molar-refractivity contribution in [2.75, 3.05) is 17.2 Å². The van der Waals surface area contributed by atoms with Gasteiger partial charge in [0, 0.05) is 16.6 Å². The molecule has 0 unspecified atom stereocenters. The minimum absolute atomic E-state index is 0.0834. The molecule has 29 heavy (non-hydrogen) atoms. The molecule has 0 saturated heterocycles. The quantitative estimate of drug-likeness (QED) is 0.428. The van der Waals surface area contributed by atoms with E-state index in [1.54, 1.807) is 30.3 Å². The first-order valence-electron chi connectivity index (χ1n) is 9.63. The Morgan fingerprint density at radius 1 is 1.14 bits per heavy atom. The van der Waals surface area contributed by atoms with E-state index < -0.39 is 0 Å². The second-order valence-corrected chi connectivity index (χ2v) is 8.44. The molecule has 0 aliphatic heterocycles. The molecule has 0 fully saturated rings. The summed E-state index contributed by atoms with van der Waals surface area (Å²) >= 11 is 9.65. The molecule has 0 atom stereocenters. The third kappa shape index (κ3) is 7.37. The number of anilines is 2. The van der Waals surface area contributed by atoms with Crippen LogP contribution in [-0.2, 0) is 4.79 Å². The lowest BCUT2D eigenvalue weighted by Gasteiger charge is -2.14. The van der Waals surface area contributed by atoms with Crippen molar-refractivity contribution in [3.05, 3.63) is 51.5 Å². The minimum Gasteiger partial charge on any atom is -0.493 e. The maximum Gasteiger partial charge on any atom is 0.259 e. The van der Waals surface area contributed by atoms with Gasteiger partial charge in [-0.1, -0.05) is 48.3 Å². The monoisotopic (exact) mass is 480 g/mol. The van der Waals surface area contributed by atoms with Gasteiger partial charge in [-0.3, -0.25) is 9.59 Å². The first-order chi connectivity index (χ1) is 13.8. The van der Waals surface area contributed by atoms with E-state index in [2.05, 4.69) is 40.4 Å². The molecule has 2 amide bonds. The summed E-state index contributed by atoms with van der Waals surface area (Å²) in [6, 6.07) is 10.3. The van der Waals surface area contributed by atoms with E-state index >= 15 is 0 Å². The van der Waals surface area contributed by atoms with Crippen LogP contribution in [0.1, 0.15) is 50.4 Å². The van der Waals surface area contributed by atoms with Crippen LogP contribution in [0.15, 0.2) is 40.9 Å². The molecular formula is C22H26BrClN2O3. The second kappa shape index (κ2) is 11.2. The summed E-state index contributed by atoms with van der Waals surface area (Å²) < 4.78 is 6.59. The number of halogens is 2. The highest BCUT2D eigenvalue weighted by Crippen LogP contribution is 2.29.